The summed E-state index contributed by atoms with van der Waals surface area (Å²) < 4.78 is 7.21. The molecule has 0 unspecified atom stereocenters. The van der Waals surface area contributed by atoms with Gasteiger partial charge in [0, 0.05) is 40.4 Å². The number of rotatable bonds is 6. The Morgan fingerprint density at radius 1 is 1.11 bits per heavy atom. The highest BCUT2D eigenvalue weighted by molar-refractivity contribution is 6.05. The average molecular weight is 463 g/mol. The van der Waals surface area contributed by atoms with E-state index in [-0.39, 0.29) is 5.97 Å². The summed E-state index contributed by atoms with van der Waals surface area (Å²) >= 11 is 0. The number of hydrogen-bond acceptors (Lipinski definition) is 4. The van der Waals surface area contributed by atoms with E-state index < -0.39 is 5.41 Å². The topological polar surface area (TPSA) is 83.7 Å². The molecule has 0 radical (unpaired) electrons. The summed E-state index contributed by atoms with van der Waals surface area (Å²) in [5.41, 5.74) is 6.41. The lowest BCUT2D eigenvalue weighted by Gasteiger charge is -2.26. The fourth-order valence-corrected chi connectivity index (χ4v) is 4.88. The monoisotopic (exact) mass is 462 g/mol. The minimum Gasteiger partial charge on any atom is -0.465 e. The highest BCUT2D eigenvalue weighted by Gasteiger charge is 2.31. The van der Waals surface area contributed by atoms with Crippen LogP contribution < -0.4 is 0 Å². The maximum absolute atomic E-state index is 12.0. The Morgan fingerprint density at radius 2 is 1.86 bits per heavy atom. The first-order chi connectivity index (χ1) is 16.9. The van der Waals surface area contributed by atoms with Gasteiger partial charge < -0.3 is 9.30 Å². The Bertz CT molecular complexity index is 1570. The Hall–Kier alpha value is -4.37. The maximum atomic E-state index is 12.0. The molecule has 0 aliphatic heterocycles. The lowest BCUT2D eigenvalue weighted by molar-refractivity contribution is 0.0600. The Morgan fingerprint density at radius 3 is 2.54 bits per heavy atom. The predicted octanol–water partition coefficient (Wildman–Crippen LogP) is 6.21. The van der Waals surface area contributed by atoms with Crippen LogP contribution in [0, 0.1) is 11.3 Å². The van der Waals surface area contributed by atoms with Crippen LogP contribution in [0.3, 0.4) is 0 Å². The zero-order valence-corrected chi connectivity index (χ0v) is 20.0. The summed E-state index contributed by atoms with van der Waals surface area (Å²) in [4.78, 5) is 12.0. The molecule has 6 heteroatoms. The second-order valence-electron chi connectivity index (χ2n) is 9.41. The molecule has 0 aliphatic rings. The first kappa shape index (κ1) is 22.4. The number of benzene rings is 3. The van der Waals surface area contributed by atoms with Gasteiger partial charge >= 0.3 is 5.97 Å². The number of hydrogen-bond donors (Lipinski definition) is 1. The SMILES string of the molecule is COC(=O)c1ccc(-c2c(C(C)(C)CC#N)n(Cc3ccccc3)c3cc4cn[nH]c4cc23)cc1. The summed E-state index contributed by atoms with van der Waals surface area (Å²) in [7, 11) is 1.38. The number of nitriles is 1. The van der Waals surface area contributed by atoms with Crippen LogP contribution in [0.1, 0.15) is 41.9 Å². The van der Waals surface area contributed by atoms with E-state index in [4.69, 9.17) is 4.74 Å². The van der Waals surface area contributed by atoms with E-state index in [9.17, 15) is 10.1 Å². The van der Waals surface area contributed by atoms with E-state index in [1.54, 1.807) is 12.1 Å². The molecule has 0 saturated carbocycles. The zero-order chi connectivity index (χ0) is 24.6. The van der Waals surface area contributed by atoms with Crippen LogP contribution in [0.2, 0.25) is 0 Å². The maximum Gasteiger partial charge on any atom is 0.337 e. The Balaban J connectivity index is 1.85. The van der Waals surface area contributed by atoms with Crippen molar-refractivity contribution in [3.63, 3.8) is 0 Å². The third-order valence-corrected chi connectivity index (χ3v) is 6.56. The molecule has 0 spiro atoms. The molecular formula is C29H26N4O2. The molecule has 6 nitrogen and oxygen atoms in total. The zero-order valence-electron chi connectivity index (χ0n) is 20.0. The van der Waals surface area contributed by atoms with Gasteiger partial charge in [-0.2, -0.15) is 10.4 Å². The van der Waals surface area contributed by atoms with Gasteiger partial charge in [0.15, 0.2) is 0 Å². The lowest BCUT2D eigenvalue weighted by Crippen LogP contribution is -2.22. The normalized spacial score (nSPS) is 11.6. The molecule has 5 rings (SSSR count). The highest BCUT2D eigenvalue weighted by Crippen LogP contribution is 2.44. The van der Waals surface area contributed by atoms with E-state index >= 15 is 0 Å². The molecule has 1 N–H and O–H groups in total. The predicted molar refractivity (Wildman–Crippen MR) is 137 cm³/mol. The van der Waals surface area contributed by atoms with Crippen LogP contribution in [0.15, 0.2) is 72.9 Å². The minimum absolute atomic E-state index is 0.366. The standard InChI is InChI=1S/C29H26N4O2/c1-29(2,13-14-30)27-26(20-9-11-21(12-10-20)28(34)35-3)23-16-24-22(17-31-32-24)15-25(23)33(27)18-19-7-5-4-6-8-19/h4-12,15-17H,13,18H2,1-3H3,(H,31,32). The van der Waals surface area contributed by atoms with Gasteiger partial charge in [-0.1, -0.05) is 56.3 Å². The molecule has 0 aliphatic carbocycles. The van der Waals surface area contributed by atoms with Crippen LogP contribution >= 0.6 is 0 Å². The van der Waals surface area contributed by atoms with Gasteiger partial charge in [0.25, 0.3) is 0 Å². The van der Waals surface area contributed by atoms with Gasteiger partial charge in [-0.15, -0.1) is 0 Å². The van der Waals surface area contributed by atoms with E-state index in [0.29, 0.717) is 18.5 Å². The van der Waals surface area contributed by atoms with Crippen molar-refractivity contribution in [2.45, 2.75) is 32.2 Å². The molecule has 0 saturated heterocycles. The number of ether oxygens (including phenoxy) is 1. The van der Waals surface area contributed by atoms with Crippen molar-refractivity contribution < 1.29 is 9.53 Å². The van der Waals surface area contributed by atoms with E-state index in [0.717, 1.165) is 38.6 Å². The average Bonchev–Trinajstić information content (AvgIpc) is 3.45. The summed E-state index contributed by atoms with van der Waals surface area (Å²) in [6.07, 6.45) is 2.20. The van der Waals surface area contributed by atoms with Crippen molar-refractivity contribution in [1.82, 2.24) is 14.8 Å². The molecule has 174 valence electrons. The molecule has 0 bridgehead atoms. The molecular weight excluding hydrogens is 436 g/mol. The van der Waals surface area contributed by atoms with Crippen LogP contribution in [0.4, 0.5) is 0 Å². The lowest BCUT2D eigenvalue weighted by atomic mass is 9.81. The summed E-state index contributed by atoms with van der Waals surface area (Å²) in [6, 6.07) is 24.5. The number of carbonyl (C=O) groups is 1. The van der Waals surface area contributed by atoms with Crippen LogP contribution in [-0.2, 0) is 16.7 Å². The van der Waals surface area contributed by atoms with Crippen molar-refractivity contribution in [3.05, 3.63) is 89.7 Å². The van der Waals surface area contributed by atoms with Gasteiger partial charge in [-0.25, -0.2) is 4.79 Å². The van der Waals surface area contributed by atoms with Crippen molar-refractivity contribution in [2.24, 2.45) is 0 Å². The number of esters is 1. The Kier molecular flexibility index (Phi) is 5.62. The second-order valence-corrected chi connectivity index (χ2v) is 9.41. The molecule has 2 heterocycles. The molecule has 35 heavy (non-hydrogen) atoms. The molecule has 0 fully saturated rings. The number of carbonyl (C=O) groups excluding carboxylic acids is 1. The van der Waals surface area contributed by atoms with E-state index in [1.165, 1.54) is 12.7 Å². The Labute approximate surface area is 203 Å². The van der Waals surface area contributed by atoms with Crippen molar-refractivity contribution in [3.8, 4) is 17.2 Å². The summed E-state index contributed by atoms with van der Waals surface area (Å²) in [6.45, 7) is 4.91. The van der Waals surface area contributed by atoms with Gasteiger partial charge in [0.2, 0.25) is 0 Å². The highest BCUT2D eigenvalue weighted by atomic mass is 16.5. The number of nitrogens with zero attached hydrogens (tertiary/aromatic N) is 3. The van der Waals surface area contributed by atoms with Gasteiger partial charge in [-0.3, -0.25) is 5.10 Å². The van der Waals surface area contributed by atoms with Gasteiger partial charge in [0.1, 0.15) is 0 Å². The number of aromatic amines is 1. The molecule has 0 atom stereocenters. The number of H-pyrrole nitrogens is 1. The summed E-state index contributed by atoms with van der Waals surface area (Å²) in [5, 5.41) is 19.1. The first-order valence-corrected chi connectivity index (χ1v) is 11.5. The third kappa shape index (κ3) is 3.95. The smallest absolute Gasteiger partial charge is 0.337 e. The van der Waals surface area contributed by atoms with Gasteiger partial charge in [0.05, 0.1) is 36.0 Å². The van der Waals surface area contributed by atoms with Crippen LogP contribution in [0.5, 0.6) is 0 Å². The second kappa shape index (κ2) is 8.77. The fourth-order valence-electron chi connectivity index (χ4n) is 4.88. The third-order valence-electron chi connectivity index (χ3n) is 6.56. The van der Waals surface area contributed by atoms with Crippen molar-refractivity contribution in [2.75, 3.05) is 7.11 Å². The number of fused-ring (bicyclic) bond motifs is 2. The van der Waals surface area contributed by atoms with Crippen molar-refractivity contribution in [1.29, 1.82) is 5.26 Å². The van der Waals surface area contributed by atoms with Gasteiger partial charge in [-0.05, 0) is 35.4 Å². The summed E-state index contributed by atoms with van der Waals surface area (Å²) in [5.74, 6) is -0.368. The largest absolute Gasteiger partial charge is 0.465 e. The van der Waals surface area contributed by atoms with Crippen molar-refractivity contribution >= 4 is 27.8 Å². The first-order valence-electron chi connectivity index (χ1n) is 11.5. The molecule has 5 aromatic rings. The van der Waals surface area contributed by atoms with E-state index in [1.807, 2.05) is 36.5 Å². The molecule has 3 aromatic carbocycles. The van der Waals surface area contributed by atoms with Crippen LogP contribution in [0.25, 0.3) is 32.9 Å². The molecule has 0 amide bonds. The number of aromatic nitrogens is 3. The quantitative estimate of drug-likeness (QED) is 0.304. The molecule has 2 aromatic heterocycles. The minimum atomic E-state index is -0.426. The number of methoxy groups -OCH3 is 1. The number of nitrogens with one attached hydrogen (secondary N) is 1. The fraction of sp³-hybridized carbons (Fsp3) is 0.207. The van der Waals surface area contributed by atoms with E-state index in [2.05, 4.69) is 58.9 Å². The van der Waals surface area contributed by atoms with Crippen LogP contribution in [-0.4, -0.2) is 27.8 Å².